The van der Waals surface area contributed by atoms with E-state index in [9.17, 15) is 9.59 Å². The van der Waals surface area contributed by atoms with Crippen molar-refractivity contribution in [2.45, 2.75) is 26.1 Å². The SMILES string of the molecule is CC(=O)NC(C)NC(C=O)CS. The molecule has 0 heterocycles. The van der Waals surface area contributed by atoms with Gasteiger partial charge < -0.3 is 10.1 Å². The van der Waals surface area contributed by atoms with E-state index in [1.807, 2.05) is 0 Å². The van der Waals surface area contributed by atoms with Gasteiger partial charge in [-0.25, -0.2) is 0 Å². The number of hydrogen-bond acceptors (Lipinski definition) is 4. The first-order valence-corrected chi connectivity index (χ1v) is 4.32. The summed E-state index contributed by atoms with van der Waals surface area (Å²) in [6, 6.07) is -0.310. The summed E-state index contributed by atoms with van der Waals surface area (Å²) >= 11 is 3.95. The summed E-state index contributed by atoms with van der Waals surface area (Å²) < 4.78 is 0. The van der Waals surface area contributed by atoms with Crippen molar-refractivity contribution in [3.63, 3.8) is 0 Å². The Morgan fingerprint density at radius 2 is 2.25 bits per heavy atom. The summed E-state index contributed by atoms with van der Waals surface area (Å²) in [5.41, 5.74) is 0. The van der Waals surface area contributed by atoms with Crippen LogP contribution in [-0.4, -0.2) is 30.2 Å². The van der Waals surface area contributed by atoms with Crippen LogP contribution < -0.4 is 10.6 Å². The van der Waals surface area contributed by atoms with Crippen molar-refractivity contribution < 1.29 is 9.59 Å². The molecule has 0 aromatic carbocycles. The largest absolute Gasteiger partial charge is 0.341 e. The molecular weight excluding hydrogens is 176 g/mol. The number of aldehydes is 1. The van der Waals surface area contributed by atoms with E-state index in [1.54, 1.807) is 6.92 Å². The molecule has 2 atom stereocenters. The number of amides is 1. The normalized spacial score (nSPS) is 14.9. The summed E-state index contributed by atoms with van der Waals surface area (Å²) in [6.07, 6.45) is 0.565. The van der Waals surface area contributed by atoms with Crippen molar-refractivity contribution >= 4 is 24.8 Å². The molecule has 0 rings (SSSR count). The molecule has 12 heavy (non-hydrogen) atoms. The number of rotatable bonds is 5. The van der Waals surface area contributed by atoms with E-state index < -0.39 is 0 Å². The lowest BCUT2D eigenvalue weighted by Crippen LogP contribution is -2.48. The first-order valence-electron chi connectivity index (χ1n) is 3.69. The van der Waals surface area contributed by atoms with Gasteiger partial charge in [0.25, 0.3) is 0 Å². The smallest absolute Gasteiger partial charge is 0.218 e. The molecule has 0 fully saturated rings. The number of hydrogen-bond donors (Lipinski definition) is 3. The van der Waals surface area contributed by atoms with E-state index in [1.165, 1.54) is 6.92 Å². The zero-order valence-corrected chi connectivity index (χ0v) is 8.10. The Bertz CT molecular complexity index is 163. The molecule has 0 aliphatic rings. The highest BCUT2D eigenvalue weighted by Crippen LogP contribution is 1.85. The summed E-state index contributed by atoms with van der Waals surface area (Å²) in [5.74, 6) is 0.298. The standard InChI is InChI=1S/C7H14N2O2S/c1-5(8-6(2)11)9-7(3-10)4-12/h3,5,7,9,12H,4H2,1-2H3,(H,8,11). The third kappa shape index (κ3) is 5.15. The van der Waals surface area contributed by atoms with Crippen LogP contribution in [0.25, 0.3) is 0 Å². The second-order valence-corrected chi connectivity index (χ2v) is 2.88. The molecule has 2 unspecified atom stereocenters. The number of carbonyl (C=O) groups excluding carboxylic acids is 2. The predicted octanol–water partition coefficient (Wildman–Crippen LogP) is -0.445. The van der Waals surface area contributed by atoms with Crippen LogP contribution in [0.1, 0.15) is 13.8 Å². The van der Waals surface area contributed by atoms with Crippen molar-refractivity contribution in [3.05, 3.63) is 0 Å². The van der Waals surface area contributed by atoms with Crippen LogP contribution in [0.5, 0.6) is 0 Å². The van der Waals surface area contributed by atoms with Crippen LogP contribution in [0.4, 0.5) is 0 Å². The van der Waals surface area contributed by atoms with E-state index in [4.69, 9.17) is 0 Å². The molecule has 0 bridgehead atoms. The number of nitrogens with one attached hydrogen (secondary N) is 2. The van der Waals surface area contributed by atoms with Crippen LogP contribution in [-0.2, 0) is 9.59 Å². The second kappa shape index (κ2) is 6.02. The van der Waals surface area contributed by atoms with E-state index >= 15 is 0 Å². The molecule has 1 amide bonds. The molecule has 0 saturated heterocycles. The Morgan fingerprint density at radius 1 is 1.67 bits per heavy atom. The highest BCUT2D eigenvalue weighted by molar-refractivity contribution is 7.80. The Hall–Kier alpha value is -0.550. The van der Waals surface area contributed by atoms with Gasteiger partial charge in [0.05, 0.1) is 12.2 Å². The van der Waals surface area contributed by atoms with E-state index in [-0.39, 0.29) is 18.1 Å². The monoisotopic (exact) mass is 190 g/mol. The fourth-order valence-corrected chi connectivity index (χ4v) is 0.994. The lowest BCUT2D eigenvalue weighted by atomic mass is 10.3. The minimum Gasteiger partial charge on any atom is -0.341 e. The van der Waals surface area contributed by atoms with Crippen molar-refractivity contribution in [1.82, 2.24) is 10.6 Å². The van der Waals surface area contributed by atoms with Gasteiger partial charge in [-0.1, -0.05) is 0 Å². The van der Waals surface area contributed by atoms with Gasteiger partial charge in [0.1, 0.15) is 6.29 Å². The molecule has 2 N–H and O–H groups in total. The molecule has 70 valence electrons. The maximum absolute atomic E-state index is 10.6. The predicted molar refractivity (Wildman–Crippen MR) is 50.1 cm³/mol. The van der Waals surface area contributed by atoms with Crippen LogP contribution in [0.3, 0.4) is 0 Å². The van der Waals surface area contributed by atoms with Crippen molar-refractivity contribution in [3.8, 4) is 0 Å². The van der Waals surface area contributed by atoms with Crippen LogP contribution >= 0.6 is 12.6 Å². The molecule has 0 radical (unpaired) electrons. The maximum atomic E-state index is 10.6. The summed E-state index contributed by atoms with van der Waals surface area (Å²) in [4.78, 5) is 20.9. The average Bonchev–Trinajstić information content (AvgIpc) is 1.98. The van der Waals surface area contributed by atoms with E-state index in [0.29, 0.717) is 5.75 Å². The molecule has 0 spiro atoms. The second-order valence-electron chi connectivity index (χ2n) is 2.51. The Morgan fingerprint density at radius 3 is 2.58 bits per heavy atom. The van der Waals surface area contributed by atoms with Gasteiger partial charge >= 0.3 is 0 Å². The van der Waals surface area contributed by atoms with Crippen LogP contribution in [0.15, 0.2) is 0 Å². The van der Waals surface area contributed by atoms with Gasteiger partial charge in [-0.3, -0.25) is 10.1 Å². The third-order valence-electron chi connectivity index (χ3n) is 1.24. The zero-order chi connectivity index (χ0) is 9.56. The first kappa shape index (κ1) is 11.4. The highest BCUT2D eigenvalue weighted by atomic mass is 32.1. The van der Waals surface area contributed by atoms with Crippen molar-refractivity contribution in [1.29, 1.82) is 0 Å². The quantitative estimate of drug-likeness (QED) is 0.313. The Kier molecular flexibility index (Phi) is 5.74. The number of carbonyl (C=O) groups is 2. The van der Waals surface area contributed by atoms with Gasteiger partial charge in [0.15, 0.2) is 0 Å². The van der Waals surface area contributed by atoms with E-state index in [0.717, 1.165) is 6.29 Å². The fraction of sp³-hybridized carbons (Fsp3) is 0.714. The minimum atomic E-state index is -0.310. The van der Waals surface area contributed by atoms with Gasteiger partial charge in [-0.2, -0.15) is 12.6 Å². The third-order valence-corrected chi connectivity index (χ3v) is 1.64. The van der Waals surface area contributed by atoms with Gasteiger partial charge in [0.2, 0.25) is 5.91 Å². The summed E-state index contributed by atoms with van der Waals surface area (Å²) in [5, 5.41) is 5.47. The van der Waals surface area contributed by atoms with Gasteiger partial charge in [-0.15, -0.1) is 0 Å². The Labute approximate surface area is 77.5 Å². The van der Waals surface area contributed by atoms with Crippen molar-refractivity contribution in [2.24, 2.45) is 0 Å². The van der Waals surface area contributed by atoms with Crippen LogP contribution in [0, 0.1) is 0 Å². The molecule has 0 saturated carbocycles. The molecule has 0 aliphatic carbocycles. The van der Waals surface area contributed by atoms with E-state index in [2.05, 4.69) is 23.3 Å². The lowest BCUT2D eigenvalue weighted by Gasteiger charge is -2.17. The fourth-order valence-electron chi connectivity index (χ4n) is 0.803. The highest BCUT2D eigenvalue weighted by Gasteiger charge is 2.08. The van der Waals surface area contributed by atoms with Crippen molar-refractivity contribution in [2.75, 3.05) is 5.75 Å². The van der Waals surface area contributed by atoms with Gasteiger partial charge in [-0.05, 0) is 6.92 Å². The molecule has 0 aromatic rings. The molecule has 0 aromatic heterocycles. The molecule has 4 nitrogen and oxygen atoms in total. The summed E-state index contributed by atoms with van der Waals surface area (Å²) in [6.45, 7) is 3.19. The summed E-state index contributed by atoms with van der Waals surface area (Å²) in [7, 11) is 0. The minimum absolute atomic E-state index is 0.126. The van der Waals surface area contributed by atoms with Gasteiger partial charge in [0, 0.05) is 12.7 Å². The number of thiol groups is 1. The Balaban J connectivity index is 3.73. The zero-order valence-electron chi connectivity index (χ0n) is 7.20. The van der Waals surface area contributed by atoms with Crippen LogP contribution in [0.2, 0.25) is 0 Å². The average molecular weight is 190 g/mol. The molecule has 5 heteroatoms. The molecular formula is C7H14N2O2S. The lowest BCUT2D eigenvalue weighted by molar-refractivity contribution is -0.120. The maximum Gasteiger partial charge on any atom is 0.218 e. The topological polar surface area (TPSA) is 58.2 Å². The molecule has 0 aliphatic heterocycles. The first-order chi connectivity index (χ1) is 5.60.